The lowest BCUT2D eigenvalue weighted by molar-refractivity contribution is 0.295. The van der Waals surface area contributed by atoms with Gasteiger partial charge in [-0.1, -0.05) is 62.7 Å². The minimum Gasteiger partial charge on any atom is -0.395 e. The predicted molar refractivity (Wildman–Crippen MR) is 150 cm³/mol. The van der Waals surface area contributed by atoms with E-state index in [-0.39, 0.29) is 6.61 Å². The first-order valence-corrected chi connectivity index (χ1v) is 13.5. The predicted octanol–water partition coefficient (Wildman–Crippen LogP) is 6.84. The third-order valence-corrected chi connectivity index (χ3v) is 7.46. The molecule has 2 N–H and O–H groups in total. The van der Waals surface area contributed by atoms with Gasteiger partial charge in [-0.2, -0.15) is 0 Å². The molecule has 36 heavy (non-hydrogen) atoms. The quantitative estimate of drug-likeness (QED) is 0.261. The first-order chi connectivity index (χ1) is 17.5. The molecule has 0 aliphatic heterocycles. The van der Waals surface area contributed by atoms with Gasteiger partial charge in [-0.3, -0.25) is 4.40 Å². The minimum atomic E-state index is 0.166. The van der Waals surface area contributed by atoms with Gasteiger partial charge >= 0.3 is 0 Å². The second-order valence-electron chi connectivity index (χ2n) is 10.8. The Morgan fingerprint density at radius 2 is 1.78 bits per heavy atom. The van der Waals surface area contributed by atoms with Crippen molar-refractivity contribution in [2.24, 2.45) is 5.92 Å². The molecule has 1 fully saturated rings. The van der Waals surface area contributed by atoms with Crippen LogP contribution in [0.2, 0.25) is 0 Å². The van der Waals surface area contributed by atoms with Crippen LogP contribution >= 0.6 is 0 Å². The fourth-order valence-electron chi connectivity index (χ4n) is 5.57. The lowest BCUT2D eigenvalue weighted by atomic mass is 9.87. The van der Waals surface area contributed by atoms with Gasteiger partial charge in [-0.05, 0) is 67.9 Å². The average molecular weight is 482 g/mol. The molecule has 0 amide bonds. The van der Waals surface area contributed by atoms with Gasteiger partial charge < -0.3 is 10.4 Å². The summed E-state index contributed by atoms with van der Waals surface area (Å²) in [7, 11) is 0. The Morgan fingerprint density at radius 3 is 2.47 bits per heavy atom. The molecule has 5 rings (SSSR count). The van der Waals surface area contributed by atoms with Crippen molar-refractivity contribution in [2.75, 3.05) is 13.2 Å². The number of aliphatic hydroxyl groups excluding tert-OH is 1. The highest BCUT2D eigenvalue weighted by Gasteiger charge is 2.26. The fraction of sp³-hybridized carbons (Fsp3) is 0.406. The average Bonchev–Trinajstić information content (AvgIpc) is 3.65. The number of aryl methyl sites for hydroxylation is 2. The molecule has 1 aliphatic carbocycles. The molecule has 1 unspecified atom stereocenters. The van der Waals surface area contributed by atoms with Crippen molar-refractivity contribution in [3.63, 3.8) is 0 Å². The van der Waals surface area contributed by atoms with Crippen LogP contribution in [-0.2, 0) is 6.42 Å². The molecule has 2 aromatic carbocycles. The lowest BCUT2D eigenvalue weighted by Gasteiger charge is -2.24. The fourth-order valence-corrected chi connectivity index (χ4v) is 5.57. The van der Waals surface area contributed by atoms with Gasteiger partial charge in [-0.15, -0.1) is 0 Å². The molecule has 1 atom stereocenters. The highest BCUT2D eigenvalue weighted by molar-refractivity contribution is 5.91. The van der Waals surface area contributed by atoms with Crippen LogP contribution < -0.4 is 5.32 Å². The third kappa shape index (κ3) is 5.05. The lowest BCUT2D eigenvalue weighted by Crippen LogP contribution is -2.23. The zero-order valence-corrected chi connectivity index (χ0v) is 22.1. The third-order valence-electron chi connectivity index (χ3n) is 7.46. The molecule has 1 saturated carbocycles. The Balaban J connectivity index is 1.48. The Bertz CT molecular complexity index is 1390. The molecule has 2 aromatic heterocycles. The summed E-state index contributed by atoms with van der Waals surface area (Å²) in [6, 6.07) is 20.1. The number of nitrogens with zero attached hydrogens (tertiary/aromatic N) is 2. The Morgan fingerprint density at radius 1 is 1.03 bits per heavy atom. The maximum absolute atomic E-state index is 9.44. The Labute approximate surface area is 215 Å². The summed E-state index contributed by atoms with van der Waals surface area (Å²) in [4.78, 5) is 4.96. The van der Waals surface area contributed by atoms with Gasteiger partial charge in [0, 0.05) is 46.9 Å². The Kier molecular flexibility index (Phi) is 7.15. The minimum absolute atomic E-state index is 0.166. The van der Waals surface area contributed by atoms with E-state index in [0.717, 1.165) is 24.2 Å². The van der Waals surface area contributed by atoms with Crippen molar-refractivity contribution in [2.45, 2.75) is 65.7 Å². The highest BCUT2D eigenvalue weighted by Crippen LogP contribution is 2.40. The molecule has 1 aliphatic rings. The molecule has 0 spiro atoms. The van der Waals surface area contributed by atoms with Crippen molar-refractivity contribution in [1.82, 2.24) is 14.7 Å². The molecule has 4 nitrogen and oxygen atoms in total. The van der Waals surface area contributed by atoms with Crippen LogP contribution in [0.4, 0.5) is 0 Å². The summed E-state index contributed by atoms with van der Waals surface area (Å²) in [6.45, 7) is 9.64. The number of hydrogen-bond acceptors (Lipinski definition) is 3. The van der Waals surface area contributed by atoms with Crippen molar-refractivity contribution in [1.29, 1.82) is 0 Å². The van der Waals surface area contributed by atoms with Crippen molar-refractivity contribution in [3.8, 4) is 0 Å². The van der Waals surface area contributed by atoms with Gasteiger partial charge in [0.05, 0.1) is 12.1 Å². The molecule has 4 heteroatoms. The van der Waals surface area contributed by atoms with E-state index in [4.69, 9.17) is 4.98 Å². The maximum atomic E-state index is 9.44. The number of benzene rings is 2. The van der Waals surface area contributed by atoms with Crippen LogP contribution in [0.5, 0.6) is 0 Å². The van der Waals surface area contributed by atoms with Crippen LogP contribution in [0.1, 0.15) is 73.5 Å². The molecule has 2 heterocycles. The largest absolute Gasteiger partial charge is 0.395 e. The van der Waals surface area contributed by atoms with Gasteiger partial charge in [0.2, 0.25) is 0 Å². The molecule has 0 saturated heterocycles. The zero-order valence-electron chi connectivity index (χ0n) is 22.1. The van der Waals surface area contributed by atoms with Crippen LogP contribution in [0.15, 0.2) is 65.9 Å². The molecular weight excluding hydrogens is 442 g/mol. The number of hydrogen-bond donors (Lipinski definition) is 2. The standard InChI is InChI=1S/C32H39N3O/c1-21(2)9-16-27(31(26-14-15-26)33-17-18-36)25-12-10-24(11-13-25)20-29-28-7-5-6-8-30(28)35-23(4)19-22(3)34-32(29)35/h5-8,10-13,19,21,27,33,36H,9,14-18,20H2,1-4H3. The Hall–Kier alpha value is -3.11. The first kappa shape index (κ1) is 24.6. The molecule has 0 bridgehead atoms. The topological polar surface area (TPSA) is 49.6 Å². The summed E-state index contributed by atoms with van der Waals surface area (Å²) in [6.07, 6.45) is 5.55. The zero-order chi connectivity index (χ0) is 25.2. The van der Waals surface area contributed by atoms with Crippen LogP contribution in [-0.4, -0.2) is 27.6 Å². The van der Waals surface area contributed by atoms with E-state index in [9.17, 15) is 5.11 Å². The van der Waals surface area contributed by atoms with Crippen LogP contribution in [0, 0.1) is 19.8 Å². The molecule has 4 aromatic rings. The summed E-state index contributed by atoms with van der Waals surface area (Å²) in [5, 5.41) is 14.3. The normalized spacial score (nSPS) is 14.1. The second kappa shape index (κ2) is 10.5. The molecular formula is C32H39N3O. The summed E-state index contributed by atoms with van der Waals surface area (Å²) < 4.78 is 2.30. The van der Waals surface area contributed by atoms with E-state index in [1.54, 1.807) is 0 Å². The molecule has 188 valence electrons. The monoisotopic (exact) mass is 481 g/mol. The summed E-state index contributed by atoms with van der Waals surface area (Å²) in [5.41, 5.74) is 11.5. The van der Waals surface area contributed by atoms with Crippen molar-refractivity contribution < 1.29 is 5.11 Å². The van der Waals surface area contributed by atoms with E-state index < -0.39 is 0 Å². The maximum Gasteiger partial charge on any atom is 0.141 e. The number of aliphatic hydroxyl groups is 1. The van der Waals surface area contributed by atoms with Gasteiger partial charge in [0.1, 0.15) is 5.65 Å². The number of aromatic nitrogens is 2. The number of nitrogens with one attached hydrogen (secondary N) is 1. The van der Waals surface area contributed by atoms with E-state index in [1.807, 2.05) is 0 Å². The first-order valence-electron chi connectivity index (χ1n) is 13.5. The van der Waals surface area contributed by atoms with Crippen LogP contribution in [0.3, 0.4) is 0 Å². The van der Waals surface area contributed by atoms with E-state index >= 15 is 0 Å². The second-order valence-corrected chi connectivity index (χ2v) is 10.8. The van der Waals surface area contributed by atoms with Crippen molar-refractivity contribution >= 4 is 16.6 Å². The van der Waals surface area contributed by atoms with Gasteiger partial charge in [0.15, 0.2) is 0 Å². The van der Waals surface area contributed by atoms with Crippen molar-refractivity contribution in [3.05, 3.63) is 93.9 Å². The SMILES string of the molecule is Cc1cc(C)n2c(n1)c(Cc1ccc(C(CCC(C)C)C(NCCO)=C3CC3)cc1)c1ccccc12. The molecule has 0 radical (unpaired) electrons. The van der Waals surface area contributed by atoms with E-state index in [1.165, 1.54) is 63.8 Å². The number of allylic oxidation sites excluding steroid dienone is 2. The van der Waals surface area contributed by atoms with Gasteiger partial charge in [0.25, 0.3) is 0 Å². The highest BCUT2D eigenvalue weighted by atomic mass is 16.3. The number of fused-ring (bicyclic) bond motifs is 3. The van der Waals surface area contributed by atoms with Crippen LogP contribution in [0.25, 0.3) is 16.6 Å². The number of para-hydroxylation sites is 1. The summed E-state index contributed by atoms with van der Waals surface area (Å²) >= 11 is 0. The smallest absolute Gasteiger partial charge is 0.141 e. The van der Waals surface area contributed by atoms with E-state index in [2.05, 4.69) is 92.0 Å². The van der Waals surface area contributed by atoms with Gasteiger partial charge in [-0.25, -0.2) is 4.98 Å². The summed E-state index contributed by atoms with van der Waals surface area (Å²) in [5.74, 6) is 1.04. The van der Waals surface area contributed by atoms with E-state index in [0.29, 0.717) is 18.4 Å². The number of rotatable bonds is 10.